The molecule has 1 aromatic rings. The Hall–Kier alpha value is -2.17. The van der Waals surface area contributed by atoms with Crippen LogP contribution in [0.5, 0.6) is 17.2 Å². The number of hydrogen-bond donors (Lipinski definition) is 0. The molecule has 0 atom stereocenters. The molecule has 0 N–H and O–H groups in total. The highest BCUT2D eigenvalue weighted by Gasteiger charge is 2.16. The molecular formula is C18H24O5. The van der Waals surface area contributed by atoms with E-state index in [2.05, 4.69) is 0 Å². The van der Waals surface area contributed by atoms with Gasteiger partial charge < -0.3 is 18.9 Å². The zero-order valence-corrected chi connectivity index (χ0v) is 14.0. The largest absolute Gasteiger partial charge is 0.493 e. The van der Waals surface area contributed by atoms with E-state index in [4.69, 9.17) is 18.9 Å². The first-order valence-electron chi connectivity index (χ1n) is 7.86. The molecule has 1 aromatic carbocycles. The number of carbonyl (C=O) groups excluding carboxylic acids is 1. The number of ether oxygens (including phenoxy) is 4. The van der Waals surface area contributed by atoms with E-state index in [-0.39, 0.29) is 12.1 Å². The third-order valence-corrected chi connectivity index (χ3v) is 3.93. The van der Waals surface area contributed by atoms with Crippen molar-refractivity contribution < 1.29 is 23.7 Å². The third-order valence-electron chi connectivity index (χ3n) is 3.93. The van der Waals surface area contributed by atoms with Gasteiger partial charge in [-0.25, -0.2) is 4.79 Å². The second-order valence-corrected chi connectivity index (χ2v) is 5.49. The number of esters is 1. The predicted molar refractivity (Wildman–Crippen MR) is 88.1 cm³/mol. The van der Waals surface area contributed by atoms with Crippen LogP contribution in [0, 0.1) is 0 Å². The van der Waals surface area contributed by atoms with Crippen LogP contribution in [-0.4, -0.2) is 33.4 Å². The molecule has 0 aromatic heterocycles. The first-order valence-corrected chi connectivity index (χ1v) is 7.86. The summed E-state index contributed by atoms with van der Waals surface area (Å²) in [6.07, 6.45) is 8.61. The number of hydrogen-bond acceptors (Lipinski definition) is 5. The number of methoxy groups -OCH3 is 3. The second-order valence-electron chi connectivity index (χ2n) is 5.49. The van der Waals surface area contributed by atoms with Crippen LogP contribution in [0.25, 0.3) is 6.08 Å². The molecule has 1 aliphatic carbocycles. The van der Waals surface area contributed by atoms with Crippen molar-refractivity contribution in [2.75, 3.05) is 21.3 Å². The number of benzene rings is 1. The predicted octanol–water partition coefficient (Wildman–Crippen LogP) is 3.60. The Bertz CT molecular complexity index is 534. The van der Waals surface area contributed by atoms with Gasteiger partial charge in [0, 0.05) is 6.08 Å². The third kappa shape index (κ3) is 4.65. The molecule has 1 fully saturated rings. The lowest BCUT2D eigenvalue weighted by molar-refractivity contribution is -0.144. The Morgan fingerprint density at radius 3 is 2.13 bits per heavy atom. The number of carbonyl (C=O) groups is 1. The van der Waals surface area contributed by atoms with Gasteiger partial charge in [0.25, 0.3) is 0 Å². The minimum atomic E-state index is -0.314. The van der Waals surface area contributed by atoms with Crippen LogP contribution in [0.15, 0.2) is 18.2 Å². The Balaban J connectivity index is 2.07. The maximum atomic E-state index is 11.9. The van der Waals surface area contributed by atoms with E-state index in [0.717, 1.165) is 31.2 Å². The van der Waals surface area contributed by atoms with E-state index in [0.29, 0.717) is 17.2 Å². The number of rotatable bonds is 6. The lowest BCUT2D eigenvalue weighted by atomic mass is 9.98. The highest BCUT2D eigenvalue weighted by Crippen LogP contribution is 2.38. The van der Waals surface area contributed by atoms with Gasteiger partial charge in [0.2, 0.25) is 5.75 Å². The molecule has 126 valence electrons. The summed E-state index contributed by atoms with van der Waals surface area (Å²) in [5, 5.41) is 0. The minimum absolute atomic E-state index is 0.0563. The maximum Gasteiger partial charge on any atom is 0.331 e. The van der Waals surface area contributed by atoms with Crippen LogP contribution < -0.4 is 14.2 Å². The van der Waals surface area contributed by atoms with E-state index in [1.807, 2.05) is 0 Å². The van der Waals surface area contributed by atoms with Crippen molar-refractivity contribution >= 4 is 12.0 Å². The molecule has 0 heterocycles. The van der Waals surface area contributed by atoms with Gasteiger partial charge in [-0.2, -0.15) is 0 Å². The molecule has 1 aliphatic rings. The first kappa shape index (κ1) is 17.2. The van der Waals surface area contributed by atoms with E-state index < -0.39 is 0 Å². The van der Waals surface area contributed by atoms with Gasteiger partial charge in [0.05, 0.1) is 21.3 Å². The van der Waals surface area contributed by atoms with E-state index in [1.165, 1.54) is 12.5 Å². The molecule has 0 saturated heterocycles. The molecule has 2 rings (SSSR count). The molecule has 0 aliphatic heterocycles. The molecular weight excluding hydrogens is 296 g/mol. The Labute approximate surface area is 137 Å². The van der Waals surface area contributed by atoms with Crippen LogP contribution in [0.4, 0.5) is 0 Å². The van der Waals surface area contributed by atoms with Gasteiger partial charge in [0.1, 0.15) is 6.10 Å². The molecule has 0 unspecified atom stereocenters. The lowest BCUT2D eigenvalue weighted by Crippen LogP contribution is -2.19. The van der Waals surface area contributed by atoms with Gasteiger partial charge in [-0.3, -0.25) is 0 Å². The van der Waals surface area contributed by atoms with Gasteiger partial charge in [-0.1, -0.05) is 6.42 Å². The van der Waals surface area contributed by atoms with Crippen LogP contribution in [0.2, 0.25) is 0 Å². The van der Waals surface area contributed by atoms with Gasteiger partial charge in [-0.05, 0) is 49.5 Å². The normalized spacial score (nSPS) is 15.4. The van der Waals surface area contributed by atoms with Crippen molar-refractivity contribution in [3.05, 3.63) is 23.8 Å². The summed E-state index contributed by atoms with van der Waals surface area (Å²) in [5.41, 5.74) is 0.778. The molecule has 1 saturated carbocycles. The van der Waals surface area contributed by atoms with Crippen LogP contribution in [-0.2, 0) is 9.53 Å². The maximum absolute atomic E-state index is 11.9. The Morgan fingerprint density at radius 2 is 1.61 bits per heavy atom. The molecule has 0 radical (unpaired) electrons. The first-order chi connectivity index (χ1) is 11.2. The summed E-state index contributed by atoms with van der Waals surface area (Å²) in [4.78, 5) is 11.9. The lowest BCUT2D eigenvalue weighted by Gasteiger charge is -2.20. The Kier molecular flexibility index (Phi) is 6.32. The van der Waals surface area contributed by atoms with E-state index in [9.17, 15) is 4.79 Å². The summed E-state index contributed by atoms with van der Waals surface area (Å²) >= 11 is 0. The molecule has 0 spiro atoms. The molecule has 0 amide bonds. The molecule has 5 nitrogen and oxygen atoms in total. The molecule has 0 bridgehead atoms. The standard InChI is InChI=1S/C18H24O5/c1-20-15-11-13(12-16(21-2)18(15)22-3)9-10-17(19)23-14-7-5-4-6-8-14/h9-12,14H,4-8H2,1-3H3/b10-9+. The van der Waals surface area contributed by atoms with Gasteiger partial charge in [-0.15, -0.1) is 0 Å². The van der Waals surface area contributed by atoms with Crippen molar-refractivity contribution in [2.45, 2.75) is 38.2 Å². The highest BCUT2D eigenvalue weighted by molar-refractivity contribution is 5.87. The van der Waals surface area contributed by atoms with Crippen molar-refractivity contribution in [3.8, 4) is 17.2 Å². The fourth-order valence-corrected chi connectivity index (χ4v) is 2.75. The van der Waals surface area contributed by atoms with Crippen LogP contribution in [0.3, 0.4) is 0 Å². The summed E-state index contributed by atoms with van der Waals surface area (Å²) in [5.74, 6) is 1.31. The summed E-state index contributed by atoms with van der Waals surface area (Å²) in [7, 11) is 4.67. The van der Waals surface area contributed by atoms with Crippen molar-refractivity contribution in [1.29, 1.82) is 0 Å². The average molecular weight is 320 g/mol. The molecule has 5 heteroatoms. The van der Waals surface area contributed by atoms with E-state index in [1.54, 1.807) is 39.5 Å². The van der Waals surface area contributed by atoms with Crippen molar-refractivity contribution in [1.82, 2.24) is 0 Å². The van der Waals surface area contributed by atoms with Gasteiger partial charge >= 0.3 is 5.97 Å². The smallest absolute Gasteiger partial charge is 0.331 e. The monoisotopic (exact) mass is 320 g/mol. The fraction of sp³-hybridized carbons (Fsp3) is 0.500. The summed E-state index contributed by atoms with van der Waals surface area (Å²) in [6.45, 7) is 0. The van der Waals surface area contributed by atoms with E-state index >= 15 is 0 Å². The zero-order chi connectivity index (χ0) is 16.7. The summed E-state index contributed by atoms with van der Waals surface area (Å²) in [6, 6.07) is 3.57. The summed E-state index contributed by atoms with van der Waals surface area (Å²) < 4.78 is 21.3. The Morgan fingerprint density at radius 1 is 1.00 bits per heavy atom. The SMILES string of the molecule is COc1cc(/C=C/C(=O)OC2CCCCC2)cc(OC)c1OC. The molecule has 23 heavy (non-hydrogen) atoms. The van der Waals surface area contributed by atoms with Crippen molar-refractivity contribution in [3.63, 3.8) is 0 Å². The fourth-order valence-electron chi connectivity index (χ4n) is 2.75. The van der Waals surface area contributed by atoms with Gasteiger partial charge in [0.15, 0.2) is 11.5 Å². The second kappa shape index (κ2) is 8.46. The average Bonchev–Trinajstić information content (AvgIpc) is 2.59. The van der Waals surface area contributed by atoms with Crippen LogP contribution in [0.1, 0.15) is 37.7 Å². The van der Waals surface area contributed by atoms with Crippen LogP contribution >= 0.6 is 0 Å². The minimum Gasteiger partial charge on any atom is -0.493 e. The highest BCUT2D eigenvalue weighted by atomic mass is 16.5. The quantitative estimate of drug-likeness (QED) is 0.592. The zero-order valence-electron chi connectivity index (χ0n) is 14.0. The van der Waals surface area contributed by atoms with Crippen molar-refractivity contribution in [2.24, 2.45) is 0 Å². The topological polar surface area (TPSA) is 54.0 Å².